The average Bonchev–Trinajstić information content (AvgIpc) is 2.03. The largest absolute Gasteiger partial charge is 0.480 e. The average molecular weight is 190 g/mol. The molecule has 6 N–H and O–H groups in total. The van der Waals surface area contributed by atoms with E-state index < -0.39 is 17.6 Å². The highest BCUT2D eigenvalue weighted by atomic mass is 16.4. The van der Waals surface area contributed by atoms with Crippen LogP contribution < -0.4 is 11.5 Å². The van der Waals surface area contributed by atoms with Crippen LogP contribution >= 0.6 is 0 Å². The molecule has 0 radical (unpaired) electrons. The van der Waals surface area contributed by atoms with Gasteiger partial charge in [-0.1, -0.05) is 0 Å². The van der Waals surface area contributed by atoms with E-state index in [1.165, 1.54) is 6.92 Å². The van der Waals surface area contributed by atoms with Crippen molar-refractivity contribution in [2.75, 3.05) is 6.54 Å². The first-order valence-electron chi connectivity index (χ1n) is 4.35. The number of carboxylic acids is 1. The molecular formula is C8H18N2O3. The van der Waals surface area contributed by atoms with Crippen molar-refractivity contribution in [2.45, 2.75) is 37.8 Å². The van der Waals surface area contributed by atoms with E-state index in [1.54, 1.807) is 0 Å². The molecule has 0 aromatic heterocycles. The van der Waals surface area contributed by atoms with Gasteiger partial charge in [-0.2, -0.15) is 0 Å². The van der Waals surface area contributed by atoms with E-state index in [9.17, 15) is 9.90 Å². The van der Waals surface area contributed by atoms with Gasteiger partial charge in [0.25, 0.3) is 0 Å². The highest BCUT2D eigenvalue weighted by Crippen LogP contribution is 2.16. The van der Waals surface area contributed by atoms with Gasteiger partial charge >= 0.3 is 5.97 Å². The van der Waals surface area contributed by atoms with Gasteiger partial charge in [-0.15, -0.1) is 0 Å². The molecule has 5 heteroatoms. The molecular weight excluding hydrogens is 172 g/mol. The van der Waals surface area contributed by atoms with Crippen LogP contribution in [0.1, 0.15) is 26.2 Å². The number of hydrogen-bond donors (Lipinski definition) is 4. The lowest BCUT2D eigenvalue weighted by Crippen LogP contribution is -2.56. The molecule has 0 fully saturated rings. The second-order valence-corrected chi connectivity index (χ2v) is 3.27. The van der Waals surface area contributed by atoms with Crippen molar-refractivity contribution in [3.8, 4) is 0 Å². The molecule has 0 amide bonds. The summed E-state index contributed by atoms with van der Waals surface area (Å²) >= 11 is 0. The van der Waals surface area contributed by atoms with Crippen LogP contribution in [0.5, 0.6) is 0 Å². The zero-order valence-corrected chi connectivity index (χ0v) is 7.86. The summed E-state index contributed by atoms with van der Waals surface area (Å²) < 4.78 is 0. The first kappa shape index (κ1) is 12.3. The lowest BCUT2D eigenvalue weighted by Gasteiger charge is -2.27. The predicted octanol–water partition coefficient (Wildman–Crippen LogP) is -0.722. The summed E-state index contributed by atoms with van der Waals surface area (Å²) in [4.78, 5) is 10.7. The van der Waals surface area contributed by atoms with E-state index in [4.69, 9.17) is 16.6 Å². The maximum absolute atomic E-state index is 10.7. The van der Waals surface area contributed by atoms with Gasteiger partial charge < -0.3 is 21.7 Å². The summed E-state index contributed by atoms with van der Waals surface area (Å²) in [5.74, 6) is -1.17. The molecule has 0 saturated carbocycles. The second-order valence-electron chi connectivity index (χ2n) is 3.27. The van der Waals surface area contributed by atoms with Gasteiger partial charge in [-0.25, -0.2) is 0 Å². The van der Waals surface area contributed by atoms with E-state index in [-0.39, 0.29) is 6.42 Å². The molecule has 2 atom stereocenters. The molecule has 0 aromatic carbocycles. The number of nitrogens with two attached hydrogens (primary N) is 2. The maximum Gasteiger partial charge on any atom is 0.326 e. The molecule has 13 heavy (non-hydrogen) atoms. The number of carbonyl (C=O) groups is 1. The Labute approximate surface area is 77.7 Å². The lowest BCUT2D eigenvalue weighted by atomic mass is 9.88. The summed E-state index contributed by atoms with van der Waals surface area (Å²) in [6, 6.07) is 0. The van der Waals surface area contributed by atoms with E-state index in [0.717, 1.165) is 6.42 Å². The Morgan fingerprint density at radius 2 is 2.08 bits per heavy atom. The molecule has 0 bridgehead atoms. The summed E-state index contributed by atoms with van der Waals surface area (Å²) in [5.41, 5.74) is 9.26. The van der Waals surface area contributed by atoms with Crippen LogP contribution in [-0.2, 0) is 4.79 Å². The van der Waals surface area contributed by atoms with Gasteiger partial charge in [0, 0.05) is 0 Å². The third-order valence-corrected chi connectivity index (χ3v) is 2.19. The Bertz CT molecular complexity index is 173. The first-order valence-corrected chi connectivity index (χ1v) is 4.35. The van der Waals surface area contributed by atoms with Crippen LogP contribution in [0.25, 0.3) is 0 Å². The molecule has 0 aromatic rings. The molecule has 0 aliphatic rings. The van der Waals surface area contributed by atoms with Crippen molar-refractivity contribution in [1.29, 1.82) is 0 Å². The molecule has 5 nitrogen and oxygen atoms in total. The Hall–Kier alpha value is -0.650. The van der Waals surface area contributed by atoms with Crippen molar-refractivity contribution in [1.82, 2.24) is 0 Å². The summed E-state index contributed by atoms with van der Waals surface area (Å²) in [5, 5.41) is 18.0. The van der Waals surface area contributed by atoms with Crippen LogP contribution in [0.3, 0.4) is 0 Å². The highest BCUT2D eigenvalue weighted by molar-refractivity contribution is 5.79. The summed E-state index contributed by atoms with van der Waals surface area (Å²) in [6.07, 6.45) is 0.531. The fourth-order valence-electron chi connectivity index (χ4n) is 1.06. The van der Waals surface area contributed by atoms with Gasteiger partial charge in [0.15, 0.2) is 0 Å². The van der Waals surface area contributed by atoms with Crippen LogP contribution in [-0.4, -0.2) is 34.4 Å². The SMILES string of the molecule is C[C@H](O)C(N)(CCCCN)C(=O)O. The predicted molar refractivity (Wildman–Crippen MR) is 49.1 cm³/mol. The summed E-state index contributed by atoms with van der Waals surface area (Å²) in [6.45, 7) is 1.89. The molecule has 0 heterocycles. The van der Waals surface area contributed by atoms with E-state index >= 15 is 0 Å². The monoisotopic (exact) mass is 190 g/mol. The molecule has 0 aliphatic carbocycles. The summed E-state index contributed by atoms with van der Waals surface area (Å²) in [7, 11) is 0. The standard InChI is InChI=1S/C8H18N2O3/c1-6(11)8(10,7(12)13)4-2-3-5-9/h6,11H,2-5,9-10H2,1H3,(H,12,13)/t6-,8?/m0/s1. The van der Waals surface area contributed by atoms with Crippen LogP contribution in [0.2, 0.25) is 0 Å². The number of aliphatic hydroxyl groups excluding tert-OH is 1. The Morgan fingerprint density at radius 3 is 2.38 bits per heavy atom. The van der Waals surface area contributed by atoms with Gasteiger partial charge in [0.1, 0.15) is 5.54 Å². The Morgan fingerprint density at radius 1 is 1.54 bits per heavy atom. The highest BCUT2D eigenvalue weighted by Gasteiger charge is 2.38. The number of rotatable bonds is 6. The third-order valence-electron chi connectivity index (χ3n) is 2.19. The fraction of sp³-hybridized carbons (Fsp3) is 0.875. The normalized spacial score (nSPS) is 17.8. The van der Waals surface area contributed by atoms with Gasteiger partial charge in [0.05, 0.1) is 6.10 Å². The zero-order chi connectivity index (χ0) is 10.5. The first-order chi connectivity index (χ1) is 5.95. The molecule has 0 saturated heterocycles. The zero-order valence-electron chi connectivity index (χ0n) is 7.86. The van der Waals surface area contributed by atoms with Crippen LogP contribution in [0.15, 0.2) is 0 Å². The third kappa shape index (κ3) is 3.30. The van der Waals surface area contributed by atoms with Crippen molar-refractivity contribution < 1.29 is 15.0 Å². The minimum Gasteiger partial charge on any atom is -0.480 e. The molecule has 0 rings (SSSR count). The Kier molecular flexibility index (Phi) is 4.90. The maximum atomic E-state index is 10.7. The quantitative estimate of drug-likeness (QED) is 0.413. The van der Waals surface area contributed by atoms with Gasteiger partial charge in [-0.3, -0.25) is 4.79 Å². The molecule has 0 spiro atoms. The smallest absolute Gasteiger partial charge is 0.326 e. The minimum atomic E-state index is -1.53. The topological polar surface area (TPSA) is 110 Å². The van der Waals surface area contributed by atoms with Crippen molar-refractivity contribution in [3.05, 3.63) is 0 Å². The second kappa shape index (κ2) is 5.16. The van der Waals surface area contributed by atoms with E-state index in [2.05, 4.69) is 0 Å². The van der Waals surface area contributed by atoms with Crippen LogP contribution in [0.4, 0.5) is 0 Å². The molecule has 0 aliphatic heterocycles. The van der Waals surface area contributed by atoms with Crippen molar-refractivity contribution in [3.63, 3.8) is 0 Å². The number of aliphatic carboxylic acids is 1. The number of unbranched alkanes of at least 4 members (excludes halogenated alkanes) is 1. The Balaban J connectivity index is 4.17. The van der Waals surface area contributed by atoms with E-state index in [0.29, 0.717) is 13.0 Å². The number of carboxylic acid groups (broad SMARTS) is 1. The minimum absolute atomic E-state index is 0.247. The van der Waals surface area contributed by atoms with E-state index in [1.807, 2.05) is 0 Å². The number of hydrogen-bond acceptors (Lipinski definition) is 4. The lowest BCUT2D eigenvalue weighted by molar-refractivity contribution is -0.148. The van der Waals surface area contributed by atoms with Gasteiger partial charge in [0.2, 0.25) is 0 Å². The van der Waals surface area contributed by atoms with Crippen molar-refractivity contribution >= 4 is 5.97 Å². The fourth-order valence-corrected chi connectivity index (χ4v) is 1.06. The molecule has 78 valence electrons. The number of aliphatic hydroxyl groups is 1. The van der Waals surface area contributed by atoms with Gasteiger partial charge in [-0.05, 0) is 32.7 Å². The van der Waals surface area contributed by atoms with Crippen LogP contribution in [0, 0.1) is 0 Å². The molecule has 1 unspecified atom stereocenters. The van der Waals surface area contributed by atoms with Crippen molar-refractivity contribution in [2.24, 2.45) is 11.5 Å².